The van der Waals surface area contributed by atoms with Gasteiger partial charge in [-0.05, 0) is 41.2 Å². The van der Waals surface area contributed by atoms with E-state index >= 15 is 0 Å². The average Bonchev–Trinajstić information content (AvgIpc) is 3.59. The summed E-state index contributed by atoms with van der Waals surface area (Å²) >= 11 is 0. The molecule has 1 aliphatic heterocycles. The second-order valence-electron chi connectivity index (χ2n) is 15.5. The predicted molar refractivity (Wildman–Crippen MR) is 231 cm³/mol. The number of hydrogen-bond donors (Lipinski definition) is 4. The molecule has 0 saturated carbocycles. The zero-order valence-electron chi connectivity index (χ0n) is 36.9. The van der Waals surface area contributed by atoms with E-state index in [-0.39, 0.29) is 25.4 Å². The molecular formula is C47H54N4O14. The Morgan fingerprint density at radius 1 is 0.677 bits per heavy atom. The van der Waals surface area contributed by atoms with Crippen molar-refractivity contribution in [1.29, 1.82) is 0 Å². The van der Waals surface area contributed by atoms with Crippen LogP contribution in [-0.4, -0.2) is 117 Å². The molecule has 3 aromatic rings. The highest BCUT2D eigenvalue weighted by atomic mass is 16.6. The number of esters is 4. The number of rotatable bonds is 18. The molecular weight excluding hydrogens is 845 g/mol. The zero-order valence-corrected chi connectivity index (χ0v) is 36.9. The maximum Gasteiger partial charge on any atom is 0.407 e. The monoisotopic (exact) mass is 898 g/mol. The average molecular weight is 899 g/mol. The zero-order chi connectivity index (χ0) is 47.2. The second-order valence-corrected chi connectivity index (χ2v) is 15.5. The van der Waals surface area contributed by atoms with Crippen LogP contribution in [0.4, 0.5) is 4.79 Å². The molecule has 1 saturated heterocycles. The first kappa shape index (κ1) is 48.9. The van der Waals surface area contributed by atoms with E-state index < -0.39 is 103 Å². The SMILES string of the molecule is COC(=O)[C@H](Cc1ccccc1)NC(=O)[C@H](C/C=C/[C@H]1O[C@H](COC(C)=O)[C@@H](OC(C)=O)[C@H](OC(C)=O)[C@H]1NC(C)=O)NC(=O)[C@H](C)NC(=O)OCC1c2ccccc2-c2ccccc21. The van der Waals surface area contributed by atoms with Crippen LogP contribution in [0, 0.1) is 0 Å². The van der Waals surface area contributed by atoms with E-state index in [1.807, 2.05) is 48.5 Å². The first-order valence-corrected chi connectivity index (χ1v) is 21.0. The van der Waals surface area contributed by atoms with Gasteiger partial charge < -0.3 is 49.7 Å². The quantitative estimate of drug-likeness (QED) is 0.0816. The third-order valence-electron chi connectivity index (χ3n) is 10.6. The van der Waals surface area contributed by atoms with E-state index in [1.165, 1.54) is 33.1 Å². The van der Waals surface area contributed by atoms with Crippen molar-refractivity contribution in [2.24, 2.45) is 0 Å². The topological polar surface area (TPSA) is 240 Å². The summed E-state index contributed by atoms with van der Waals surface area (Å²) in [5, 5.41) is 10.5. The highest BCUT2D eigenvalue weighted by Crippen LogP contribution is 2.44. The molecule has 3 aromatic carbocycles. The van der Waals surface area contributed by atoms with Gasteiger partial charge in [-0.1, -0.05) is 91.0 Å². The van der Waals surface area contributed by atoms with Gasteiger partial charge in [-0.25, -0.2) is 9.59 Å². The summed E-state index contributed by atoms with van der Waals surface area (Å²) in [6.45, 7) is 5.55. The van der Waals surface area contributed by atoms with Gasteiger partial charge in [-0.2, -0.15) is 0 Å². The largest absolute Gasteiger partial charge is 0.467 e. The van der Waals surface area contributed by atoms with Crippen LogP contribution >= 0.6 is 0 Å². The third-order valence-corrected chi connectivity index (χ3v) is 10.6. The fraction of sp³-hybridized carbons (Fsp3) is 0.404. The van der Waals surface area contributed by atoms with Gasteiger partial charge in [0.2, 0.25) is 17.7 Å². The number of carbonyl (C=O) groups excluding carboxylic acids is 8. The van der Waals surface area contributed by atoms with Gasteiger partial charge >= 0.3 is 30.0 Å². The number of carbonyl (C=O) groups is 8. The molecule has 5 rings (SSSR count). The molecule has 8 atom stereocenters. The van der Waals surface area contributed by atoms with Gasteiger partial charge in [0.25, 0.3) is 0 Å². The molecule has 346 valence electrons. The summed E-state index contributed by atoms with van der Waals surface area (Å²) < 4.78 is 33.0. The molecule has 65 heavy (non-hydrogen) atoms. The Morgan fingerprint density at radius 2 is 1.26 bits per heavy atom. The van der Waals surface area contributed by atoms with Crippen molar-refractivity contribution < 1.29 is 66.8 Å². The summed E-state index contributed by atoms with van der Waals surface area (Å²) in [5.41, 5.74) is 4.79. The molecule has 0 spiro atoms. The molecule has 0 aromatic heterocycles. The lowest BCUT2D eigenvalue weighted by atomic mass is 9.91. The Hall–Kier alpha value is -7.08. The van der Waals surface area contributed by atoms with Crippen molar-refractivity contribution in [2.75, 3.05) is 20.3 Å². The number of methoxy groups -OCH3 is 1. The van der Waals surface area contributed by atoms with E-state index in [1.54, 1.807) is 30.3 Å². The van der Waals surface area contributed by atoms with E-state index in [9.17, 15) is 38.4 Å². The number of benzene rings is 3. The third kappa shape index (κ3) is 13.5. The van der Waals surface area contributed by atoms with Crippen molar-refractivity contribution in [1.82, 2.24) is 21.3 Å². The molecule has 0 radical (unpaired) electrons. The van der Waals surface area contributed by atoms with Gasteiger partial charge in [0.15, 0.2) is 12.2 Å². The molecule has 0 bridgehead atoms. The maximum atomic E-state index is 14.1. The summed E-state index contributed by atoms with van der Waals surface area (Å²) in [7, 11) is 1.17. The minimum Gasteiger partial charge on any atom is -0.467 e. The first-order chi connectivity index (χ1) is 31.1. The van der Waals surface area contributed by atoms with Gasteiger partial charge in [0.1, 0.15) is 43.5 Å². The molecule has 1 aliphatic carbocycles. The van der Waals surface area contributed by atoms with E-state index in [4.69, 9.17) is 28.4 Å². The molecule has 18 heteroatoms. The van der Waals surface area contributed by atoms with E-state index in [2.05, 4.69) is 21.3 Å². The number of amides is 4. The molecule has 4 N–H and O–H groups in total. The Morgan fingerprint density at radius 3 is 1.85 bits per heavy atom. The fourth-order valence-corrected chi connectivity index (χ4v) is 7.75. The van der Waals surface area contributed by atoms with Crippen LogP contribution in [0.5, 0.6) is 0 Å². The van der Waals surface area contributed by atoms with E-state index in [0.717, 1.165) is 43.0 Å². The highest BCUT2D eigenvalue weighted by Gasteiger charge is 2.50. The second kappa shape index (κ2) is 23.0. The maximum absolute atomic E-state index is 14.1. The van der Waals surface area contributed by atoms with Crippen molar-refractivity contribution in [2.45, 2.75) is 102 Å². The molecule has 0 unspecified atom stereocenters. The number of fused-ring (bicyclic) bond motifs is 3. The van der Waals surface area contributed by atoms with Gasteiger partial charge in [-0.3, -0.25) is 28.8 Å². The minimum atomic E-state index is -1.40. The van der Waals surface area contributed by atoms with Crippen molar-refractivity contribution >= 4 is 47.7 Å². The van der Waals surface area contributed by atoms with Gasteiger partial charge in [-0.15, -0.1) is 0 Å². The van der Waals surface area contributed by atoms with Crippen LogP contribution in [0.25, 0.3) is 11.1 Å². The Kier molecular flexibility index (Phi) is 17.3. The Labute approximate surface area is 376 Å². The predicted octanol–water partition coefficient (Wildman–Crippen LogP) is 2.94. The summed E-state index contributed by atoms with van der Waals surface area (Å²) in [5.74, 6) is -5.37. The Bertz CT molecular complexity index is 2200. The first-order valence-electron chi connectivity index (χ1n) is 21.0. The smallest absolute Gasteiger partial charge is 0.407 e. The van der Waals surface area contributed by atoms with Gasteiger partial charge in [0, 0.05) is 40.0 Å². The standard InChI is InChI=1S/C47H54N4O14/c1-26(48-47(59)62-24-36-34-19-12-10-17-32(34)33-18-11-13-20-35(33)36)44(56)50-37(45(57)51-38(46(58)60-6)23-31-15-8-7-9-16-31)21-14-22-39-41(49-27(2)52)43(64-30(5)55)42(63-29(4)54)40(65-39)25-61-28(3)53/h7-20,22,26,36-43H,21,23-25H2,1-6H3,(H,48,59)(H,49,52)(H,50,56)(H,51,57)/b22-14+/t26-,37-,38-,39+,40+,41-,42+,43+/m0/s1. The van der Waals surface area contributed by atoms with Crippen LogP contribution < -0.4 is 21.3 Å². The van der Waals surface area contributed by atoms with Crippen molar-refractivity contribution in [3.05, 3.63) is 108 Å². The van der Waals surface area contributed by atoms with Crippen molar-refractivity contribution in [3.63, 3.8) is 0 Å². The van der Waals surface area contributed by atoms with Crippen LogP contribution in [0.3, 0.4) is 0 Å². The number of ether oxygens (including phenoxy) is 6. The molecule has 1 heterocycles. The lowest BCUT2D eigenvalue weighted by Gasteiger charge is -2.44. The number of alkyl carbamates (subject to hydrolysis) is 1. The lowest BCUT2D eigenvalue weighted by molar-refractivity contribution is -0.217. The number of hydrogen-bond acceptors (Lipinski definition) is 14. The summed E-state index contributed by atoms with van der Waals surface area (Å²) in [6, 6.07) is 19.5. The van der Waals surface area contributed by atoms with Crippen LogP contribution in [0.2, 0.25) is 0 Å². The lowest BCUT2D eigenvalue weighted by Crippen LogP contribution is -2.65. The molecule has 1 fully saturated rings. The van der Waals surface area contributed by atoms with Crippen LogP contribution in [0.15, 0.2) is 91.0 Å². The van der Waals surface area contributed by atoms with Crippen LogP contribution in [-0.2, 0) is 68.4 Å². The van der Waals surface area contributed by atoms with Crippen molar-refractivity contribution in [3.8, 4) is 11.1 Å². The summed E-state index contributed by atoms with van der Waals surface area (Å²) in [4.78, 5) is 103. The molecule has 4 amide bonds. The number of nitrogens with one attached hydrogen (secondary N) is 4. The summed E-state index contributed by atoms with van der Waals surface area (Å²) in [6.07, 6.45) is -3.26. The highest BCUT2D eigenvalue weighted by molar-refractivity contribution is 5.93. The van der Waals surface area contributed by atoms with E-state index in [0.29, 0.717) is 5.56 Å². The molecule has 18 nitrogen and oxygen atoms in total. The molecule has 2 aliphatic rings. The minimum absolute atomic E-state index is 0.00918. The normalized spacial score (nSPS) is 20.1. The fourth-order valence-electron chi connectivity index (χ4n) is 7.75. The Balaban J connectivity index is 1.36. The van der Waals surface area contributed by atoms with Crippen LogP contribution in [0.1, 0.15) is 63.6 Å². The van der Waals surface area contributed by atoms with Gasteiger partial charge in [0.05, 0.1) is 13.2 Å².